The molecule has 0 aliphatic carbocycles. The molecule has 0 saturated carbocycles. The fraction of sp³-hybridized carbons (Fsp3) is 0.600. The van der Waals surface area contributed by atoms with Crippen molar-refractivity contribution in [2.45, 2.75) is 32.8 Å². The van der Waals surface area contributed by atoms with Crippen molar-refractivity contribution >= 4 is 0 Å². The molecule has 0 amide bonds. The van der Waals surface area contributed by atoms with Gasteiger partial charge in [0.1, 0.15) is 17.7 Å². The number of rotatable bonds is 5. The fourth-order valence-corrected chi connectivity index (χ4v) is 2.51. The highest BCUT2D eigenvalue weighted by atomic mass is 19.1. The molecule has 100 valence electrons. The Hall–Kier alpha value is -1.09. The van der Waals surface area contributed by atoms with Gasteiger partial charge in [-0.1, -0.05) is 19.9 Å². The van der Waals surface area contributed by atoms with Crippen LogP contribution in [0.5, 0.6) is 5.75 Å². The average molecular weight is 251 g/mol. The number of hydrogen-bond donors (Lipinski definition) is 1. The van der Waals surface area contributed by atoms with Gasteiger partial charge in [-0.15, -0.1) is 0 Å². The van der Waals surface area contributed by atoms with Crippen molar-refractivity contribution in [1.29, 1.82) is 0 Å². The largest absolute Gasteiger partial charge is 0.490 e. The van der Waals surface area contributed by atoms with Gasteiger partial charge in [0.15, 0.2) is 0 Å². The minimum Gasteiger partial charge on any atom is -0.490 e. The first-order chi connectivity index (χ1) is 8.65. The highest BCUT2D eigenvalue weighted by molar-refractivity contribution is 5.22. The van der Waals surface area contributed by atoms with Gasteiger partial charge in [0.05, 0.1) is 0 Å². The maximum atomic E-state index is 13.2. The lowest BCUT2D eigenvalue weighted by Gasteiger charge is -2.26. The van der Waals surface area contributed by atoms with Gasteiger partial charge in [0.25, 0.3) is 0 Å². The van der Waals surface area contributed by atoms with Crippen LogP contribution in [0.3, 0.4) is 0 Å². The number of hydrogen-bond acceptors (Lipinski definition) is 2. The molecule has 1 aliphatic rings. The summed E-state index contributed by atoms with van der Waals surface area (Å²) in [5, 5.41) is 3.37. The van der Waals surface area contributed by atoms with Crippen molar-refractivity contribution in [1.82, 2.24) is 5.32 Å². The van der Waals surface area contributed by atoms with Gasteiger partial charge in [-0.2, -0.15) is 0 Å². The van der Waals surface area contributed by atoms with Gasteiger partial charge in [0, 0.05) is 18.5 Å². The lowest BCUT2D eigenvalue weighted by Crippen LogP contribution is -2.30. The third-order valence-corrected chi connectivity index (χ3v) is 3.41. The molecule has 0 unspecified atom stereocenters. The third-order valence-electron chi connectivity index (χ3n) is 3.41. The molecule has 0 aromatic heterocycles. The van der Waals surface area contributed by atoms with E-state index >= 15 is 0 Å². The second-order valence-corrected chi connectivity index (χ2v) is 5.50. The maximum Gasteiger partial charge on any atom is 0.126 e. The molecule has 0 spiro atoms. The second-order valence-electron chi connectivity index (χ2n) is 5.50. The molecule has 1 N–H and O–H groups in total. The van der Waals surface area contributed by atoms with Crippen LogP contribution in [-0.4, -0.2) is 19.2 Å². The first-order valence-electron chi connectivity index (χ1n) is 6.78. The predicted octanol–water partition coefficient (Wildman–Crippen LogP) is 3.23. The smallest absolute Gasteiger partial charge is 0.126 e. The Morgan fingerprint density at radius 1 is 1.44 bits per heavy atom. The van der Waals surface area contributed by atoms with Crippen LogP contribution in [0.1, 0.15) is 26.7 Å². The molecule has 1 heterocycles. The van der Waals surface area contributed by atoms with Crippen LogP contribution in [0.15, 0.2) is 24.3 Å². The lowest BCUT2D eigenvalue weighted by molar-refractivity contribution is 0.119. The summed E-state index contributed by atoms with van der Waals surface area (Å²) in [4.78, 5) is 0. The van der Waals surface area contributed by atoms with Crippen molar-refractivity contribution in [3.8, 4) is 5.75 Å². The second kappa shape index (κ2) is 6.19. The van der Waals surface area contributed by atoms with Crippen LogP contribution < -0.4 is 10.1 Å². The predicted molar refractivity (Wildman–Crippen MR) is 71.2 cm³/mol. The van der Waals surface area contributed by atoms with E-state index in [0.717, 1.165) is 25.9 Å². The highest BCUT2D eigenvalue weighted by Crippen LogP contribution is 2.25. The lowest BCUT2D eigenvalue weighted by atomic mass is 9.93. The van der Waals surface area contributed by atoms with E-state index in [9.17, 15) is 4.39 Å². The van der Waals surface area contributed by atoms with Gasteiger partial charge in [-0.3, -0.25) is 0 Å². The minimum absolute atomic E-state index is 0.182. The van der Waals surface area contributed by atoms with Gasteiger partial charge >= 0.3 is 0 Å². The summed E-state index contributed by atoms with van der Waals surface area (Å²) in [5.74, 6) is 1.53. The fourth-order valence-electron chi connectivity index (χ4n) is 2.51. The minimum atomic E-state index is -0.236. The van der Waals surface area contributed by atoms with E-state index in [-0.39, 0.29) is 11.9 Å². The zero-order valence-electron chi connectivity index (χ0n) is 11.2. The van der Waals surface area contributed by atoms with Crippen LogP contribution in [0.2, 0.25) is 0 Å². The number of benzene rings is 1. The van der Waals surface area contributed by atoms with Crippen molar-refractivity contribution < 1.29 is 9.13 Å². The van der Waals surface area contributed by atoms with Crippen molar-refractivity contribution in [2.75, 3.05) is 13.1 Å². The molecule has 1 aromatic carbocycles. The summed E-state index contributed by atoms with van der Waals surface area (Å²) in [6.45, 7) is 6.47. The molecular formula is C15H22FNO. The van der Waals surface area contributed by atoms with Crippen LogP contribution in [-0.2, 0) is 0 Å². The molecular weight excluding hydrogens is 229 g/mol. The molecule has 18 heavy (non-hydrogen) atoms. The van der Waals surface area contributed by atoms with Crippen molar-refractivity contribution in [3.63, 3.8) is 0 Å². The van der Waals surface area contributed by atoms with Gasteiger partial charge in [-0.25, -0.2) is 4.39 Å². The van der Waals surface area contributed by atoms with E-state index in [1.165, 1.54) is 12.1 Å². The molecule has 1 aliphatic heterocycles. The van der Waals surface area contributed by atoms with E-state index in [1.807, 2.05) is 6.07 Å². The molecule has 1 saturated heterocycles. The summed E-state index contributed by atoms with van der Waals surface area (Å²) >= 11 is 0. The Labute approximate surface area is 109 Å². The Bertz CT molecular complexity index is 375. The summed E-state index contributed by atoms with van der Waals surface area (Å²) in [6.07, 6.45) is 2.34. The Balaban J connectivity index is 2.04. The number of ether oxygens (including phenoxy) is 1. The topological polar surface area (TPSA) is 21.3 Å². The zero-order valence-corrected chi connectivity index (χ0v) is 11.2. The zero-order chi connectivity index (χ0) is 13.0. The van der Waals surface area contributed by atoms with Gasteiger partial charge in [-0.05, 0) is 37.4 Å². The van der Waals surface area contributed by atoms with E-state index in [4.69, 9.17) is 4.74 Å². The summed E-state index contributed by atoms with van der Waals surface area (Å²) in [6, 6.07) is 6.44. The van der Waals surface area contributed by atoms with Crippen molar-refractivity contribution in [3.05, 3.63) is 30.1 Å². The number of nitrogens with one attached hydrogen (secondary N) is 1. The van der Waals surface area contributed by atoms with E-state index in [2.05, 4.69) is 19.2 Å². The molecule has 2 atom stereocenters. The normalized spacial score (nSPS) is 21.2. The molecule has 0 radical (unpaired) electrons. The van der Waals surface area contributed by atoms with E-state index < -0.39 is 0 Å². The average Bonchev–Trinajstić information content (AvgIpc) is 2.80. The Morgan fingerprint density at radius 2 is 2.28 bits per heavy atom. The Kier molecular flexibility index (Phi) is 4.59. The van der Waals surface area contributed by atoms with E-state index in [1.54, 1.807) is 6.07 Å². The van der Waals surface area contributed by atoms with Crippen LogP contribution >= 0.6 is 0 Å². The molecule has 1 fully saturated rings. The van der Waals surface area contributed by atoms with Crippen LogP contribution in [0, 0.1) is 17.7 Å². The van der Waals surface area contributed by atoms with Crippen LogP contribution in [0.25, 0.3) is 0 Å². The van der Waals surface area contributed by atoms with Gasteiger partial charge < -0.3 is 10.1 Å². The molecule has 0 bridgehead atoms. The quantitative estimate of drug-likeness (QED) is 0.867. The van der Waals surface area contributed by atoms with E-state index in [0.29, 0.717) is 17.6 Å². The first-order valence-corrected chi connectivity index (χ1v) is 6.78. The first kappa shape index (κ1) is 13.3. The number of halogens is 1. The monoisotopic (exact) mass is 251 g/mol. The molecule has 2 rings (SSSR count). The molecule has 3 heteroatoms. The Morgan fingerprint density at radius 3 is 2.89 bits per heavy atom. The third kappa shape index (κ3) is 3.70. The molecule has 2 nitrogen and oxygen atoms in total. The van der Waals surface area contributed by atoms with Gasteiger partial charge in [0.2, 0.25) is 0 Å². The summed E-state index contributed by atoms with van der Waals surface area (Å²) < 4.78 is 19.2. The SMILES string of the molecule is CC(C)C[C@H](Oc1cccc(F)c1)[C@H]1CCNC1. The standard InChI is InChI=1S/C15H22FNO/c1-11(2)8-15(12-6-7-17-10-12)18-14-5-3-4-13(16)9-14/h3-5,9,11-12,15,17H,6-8,10H2,1-2H3/t12-,15-/m0/s1. The van der Waals surface area contributed by atoms with Crippen LogP contribution in [0.4, 0.5) is 4.39 Å². The summed E-state index contributed by atoms with van der Waals surface area (Å²) in [5.41, 5.74) is 0. The highest BCUT2D eigenvalue weighted by Gasteiger charge is 2.27. The molecule has 1 aromatic rings. The summed E-state index contributed by atoms with van der Waals surface area (Å²) in [7, 11) is 0. The van der Waals surface area contributed by atoms with Crippen molar-refractivity contribution in [2.24, 2.45) is 11.8 Å². The maximum absolute atomic E-state index is 13.2.